The van der Waals surface area contributed by atoms with Crippen LogP contribution < -0.4 is 11.1 Å². The second-order valence-electron chi connectivity index (χ2n) is 5.92. The molecule has 2 atom stereocenters. The van der Waals surface area contributed by atoms with Gasteiger partial charge in [-0.25, -0.2) is 0 Å². The third kappa shape index (κ3) is 2.90. The highest BCUT2D eigenvalue weighted by atomic mass is 16.6. The molecule has 0 aliphatic heterocycles. The van der Waals surface area contributed by atoms with Crippen LogP contribution in [0.2, 0.25) is 0 Å². The Morgan fingerprint density at radius 1 is 1.57 bits per heavy atom. The number of rotatable bonds is 4. The lowest BCUT2D eigenvalue weighted by Gasteiger charge is -2.27. The lowest BCUT2D eigenvalue weighted by molar-refractivity contribution is -0.385. The Balaban J connectivity index is 2.09. The molecule has 1 aliphatic rings. The molecule has 114 valence electrons. The Labute approximate surface area is 123 Å². The number of hydrogen-bond acceptors (Lipinski definition) is 4. The smallest absolute Gasteiger partial charge is 0.272 e. The largest absolute Gasteiger partial charge is 0.351 e. The number of nitro groups is 1. The van der Waals surface area contributed by atoms with Crippen LogP contribution in [0.25, 0.3) is 0 Å². The van der Waals surface area contributed by atoms with Gasteiger partial charge in [0, 0.05) is 24.2 Å². The Morgan fingerprint density at radius 3 is 2.86 bits per heavy atom. The molecule has 1 aromatic carbocycles. The number of amides is 1. The molecular formula is C15H21N3O3. The molecule has 1 amide bonds. The number of hydrogen-bond donors (Lipinski definition) is 2. The van der Waals surface area contributed by atoms with Gasteiger partial charge in [0.1, 0.15) is 0 Å². The molecule has 3 N–H and O–H groups in total. The van der Waals surface area contributed by atoms with Gasteiger partial charge in [0.25, 0.3) is 5.69 Å². The zero-order valence-corrected chi connectivity index (χ0v) is 12.4. The van der Waals surface area contributed by atoms with E-state index in [1.54, 1.807) is 19.1 Å². The fraction of sp³-hybridized carbons (Fsp3) is 0.533. The van der Waals surface area contributed by atoms with Gasteiger partial charge in [-0.05, 0) is 32.3 Å². The van der Waals surface area contributed by atoms with Crippen LogP contribution >= 0.6 is 0 Å². The summed E-state index contributed by atoms with van der Waals surface area (Å²) in [6, 6.07) is 4.77. The summed E-state index contributed by atoms with van der Waals surface area (Å²) in [5.74, 6) is -0.0709. The Bertz CT molecular complexity index is 573. The number of nitrogens with one attached hydrogen (secondary N) is 1. The monoisotopic (exact) mass is 291 g/mol. The van der Waals surface area contributed by atoms with Gasteiger partial charge in [0.2, 0.25) is 5.91 Å². The molecule has 0 bridgehead atoms. The topological polar surface area (TPSA) is 98.3 Å². The van der Waals surface area contributed by atoms with E-state index in [1.165, 1.54) is 6.07 Å². The van der Waals surface area contributed by atoms with Crippen molar-refractivity contribution in [3.63, 3.8) is 0 Å². The molecule has 21 heavy (non-hydrogen) atoms. The van der Waals surface area contributed by atoms with Gasteiger partial charge in [0.05, 0.1) is 10.3 Å². The van der Waals surface area contributed by atoms with Crippen LogP contribution in [0.15, 0.2) is 18.2 Å². The molecule has 6 heteroatoms. The minimum atomic E-state index is -0.533. The van der Waals surface area contributed by atoms with Crippen molar-refractivity contribution in [1.82, 2.24) is 5.32 Å². The molecule has 2 unspecified atom stereocenters. The summed E-state index contributed by atoms with van der Waals surface area (Å²) >= 11 is 0. The van der Waals surface area contributed by atoms with E-state index in [9.17, 15) is 14.9 Å². The van der Waals surface area contributed by atoms with Crippen LogP contribution in [0, 0.1) is 22.5 Å². The van der Waals surface area contributed by atoms with Gasteiger partial charge >= 0.3 is 0 Å². The molecule has 0 spiro atoms. The minimum Gasteiger partial charge on any atom is -0.351 e. The standard InChI is InChI=1S/C15H21N3O3/c1-10-11(5-3-6-12(10)18(20)21)9-17-14(19)15(2)8-4-7-13(15)16/h3,5-6,13H,4,7-9,16H2,1-2H3,(H,17,19). The van der Waals surface area contributed by atoms with Gasteiger partial charge in [-0.3, -0.25) is 14.9 Å². The van der Waals surface area contributed by atoms with Crippen LogP contribution in [-0.2, 0) is 11.3 Å². The molecule has 0 radical (unpaired) electrons. The summed E-state index contributed by atoms with van der Waals surface area (Å²) in [6.45, 7) is 3.87. The van der Waals surface area contributed by atoms with E-state index in [0.29, 0.717) is 5.56 Å². The predicted molar refractivity (Wildman–Crippen MR) is 79.6 cm³/mol. The third-order valence-corrected chi connectivity index (χ3v) is 4.60. The second-order valence-corrected chi connectivity index (χ2v) is 5.92. The highest BCUT2D eigenvalue weighted by Gasteiger charge is 2.42. The van der Waals surface area contributed by atoms with Crippen molar-refractivity contribution >= 4 is 11.6 Å². The number of nitrogens with zero attached hydrogens (tertiary/aromatic N) is 1. The molecule has 1 saturated carbocycles. The van der Waals surface area contributed by atoms with E-state index in [4.69, 9.17) is 5.73 Å². The van der Waals surface area contributed by atoms with E-state index >= 15 is 0 Å². The van der Waals surface area contributed by atoms with Crippen molar-refractivity contribution < 1.29 is 9.72 Å². The van der Waals surface area contributed by atoms with E-state index in [1.807, 2.05) is 6.92 Å². The summed E-state index contributed by atoms with van der Waals surface area (Å²) in [5.41, 5.74) is 6.91. The van der Waals surface area contributed by atoms with Gasteiger partial charge in [-0.2, -0.15) is 0 Å². The zero-order valence-electron chi connectivity index (χ0n) is 12.4. The summed E-state index contributed by atoms with van der Waals surface area (Å²) in [7, 11) is 0. The molecule has 0 saturated heterocycles. The van der Waals surface area contributed by atoms with Crippen LogP contribution in [0.3, 0.4) is 0 Å². The summed E-state index contributed by atoms with van der Waals surface area (Å²) in [6.07, 6.45) is 2.61. The normalized spacial score (nSPS) is 24.8. The van der Waals surface area contributed by atoms with E-state index in [2.05, 4.69) is 5.32 Å². The van der Waals surface area contributed by atoms with Crippen molar-refractivity contribution in [1.29, 1.82) is 0 Å². The zero-order chi connectivity index (χ0) is 15.6. The fourth-order valence-corrected chi connectivity index (χ4v) is 2.91. The number of carbonyl (C=O) groups is 1. The van der Waals surface area contributed by atoms with Gasteiger partial charge < -0.3 is 11.1 Å². The Kier molecular flexibility index (Phi) is 4.27. The molecule has 6 nitrogen and oxygen atoms in total. The molecule has 1 aromatic rings. The second kappa shape index (κ2) is 5.81. The van der Waals surface area contributed by atoms with Crippen molar-refractivity contribution in [2.75, 3.05) is 0 Å². The lowest BCUT2D eigenvalue weighted by Crippen LogP contribution is -2.47. The average Bonchev–Trinajstić information content (AvgIpc) is 2.78. The van der Waals surface area contributed by atoms with E-state index < -0.39 is 10.3 Å². The van der Waals surface area contributed by atoms with Crippen molar-refractivity contribution in [3.8, 4) is 0 Å². The van der Waals surface area contributed by atoms with Gasteiger partial charge in [-0.15, -0.1) is 0 Å². The number of benzene rings is 1. The predicted octanol–water partition coefficient (Wildman–Crippen LogP) is 2.04. The van der Waals surface area contributed by atoms with Crippen molar-refractivity contribution in [3.05, 3.63) is 39.4 Å². The highest BCUT2D eigenvalue weighted by molar-refractivity contribution is 5.83. The first kappa shape index (κ1) is 15.4. The first-order chi connectivity index (χ1) is 9.86. The quantitative estimate of drug-likeness (QED) is 0.655. The first-order valence-electron chi connectivity index (χ1n) is 7.13. The fourth-order valence-electron chi connectivity index (χ4n) is 2.91. The molecule has 1 fully saturated rings. The van der Waals surface area contributed by atoms with Gasteiger partial charge in [-0.1, -0.05) is 18.6 Å². The Morgan fingerprint density at radius 2 is 2.29 bits per heavy atom. The van der Waals surface area contributed by atoms with E-state index in [-0.39, 0.29) is 24.2 Å². The minimum absolute atomic E-state index is 0.0709. The number of carbonyl (C=O) groups excluding carboxylic acids is 1. The number of nitro benzene ring substituents is 1. The van der Waals surface area contributed by atoms with Crippen LogP contribution in [0.4, 0.5) is 5.69 Å². The summed E-state index contributed by atoms with van der Waals surface area (Å²) < 4.78 is 0. The van der Waals surface area contributed by atoms with Crippen LogP contribution in [0.5, 0.6) is 0 Å². The van der Waals surface area contributed by atoms with E-state index in [0.717, 1.165) is 24.8 Å². The maximum atomic E-state index is 12.4. The SMILES string of the molecule is Cc1c(CNC(=O)C2(C)CCCC2N)cccc1[N+](=O)[O-]. The van der Waals surface area contributed by atoms with Crippen molar-refractivity contribution in [2.24, 2.45) is 11.1 Å². The lowest BCUT2D eigenvalue weighted by atomic mass is 9.84. The average molecular weight is 291 g/mol. The molecule has 1 aliphatic carbocycles. The maximum absolute atomic E-state index is 12.4. The van der Waals surface area contributed by atoms with Crippen LogP contribution in [-0.4, -0.2) is 16.9 Å². The summed E-state index contributed by atoms with van der Waals surface area (Å²) in [4.78, 5) is 22.9. The molecular weight excluding hydrogens is 270 g/mol. The first-order valence-corrected chi connectivity index (χ1v) is 7.13. The highest BCUT2D eigenvalue weighted by Crippen LogP contribution is 2.36. The Hall–Kier alpha value is -1.95. The molecule has 0 heterocycles. The summed E-state index contributed by atoms with van der Waals surface area (Å²) in [5, 5.41) is 13.8. The number of nitrogens with two attached hydrogens (primary N) is 1. The maximum Gasteiger partial charge on any atom is 0.272 e. The van der Waals surface area contributed by atoms with Crippen LogP contribution in [0.1, 0.15) is 37.3 Å². The van der Waals surface area contributed by atoms with Gasteiger partial charge in [0.15, 0.2) is 0 Å². The third-order valence-electron chi connectivity index (χ3n) is 4.60. The molecule has 0 aromatic heterocycles. The molecule has 2 rings (SSSR count). The van der Waals surface area contributed by atoms with Crippen molar-refractivity contribution in [2.45, 2.75) is 45.7 Å².